The summed E-state index contributed by atoms with van der Waals surface area (Å²) in [5.41, 5.74) is 0.512. The number of hydrogen-bond acceptors (Lipinski definition) is 3. The van der Waals surface area contributed by atoms with Gasteiger partial charge < -0.3 is 9.84 Å². The van der Waals surface area contributed by atoms with Gasteiger partial charge in [-0.05, 0) is 97.2 Å². The average Bonchev–Trinajstić information content (AvgIpc) is 3.05. The Morgan fingerprint density at radius 3 is 2.31 bits per heavy atom. The third-order valence-corrected chi connectivity index (χ3v) is 11.2. The predicted molar refractivity (Wildman–Crippen MR) is 126 cm³/mol. The van der Waals surface area contributed by atoms with Crippen LogP contribution >= 0.6 is 0 Å². The van der Waals surface area contributed by atoms with Crippen LogP contribution in [-0.2, 0) is 14.3 Å². The van der Waals surface area contributed by atoms with Gasteiger partial charge in [0.2, 0.25) is 0 Å². The second kappa shape index (κ2) is 8.62. The van der Waals surface area contributed by atoms with Crippen LogP contribution in [0.5, 0.6) is 0 Å². The van der Waals surface area contributed by atoms with E-state index in [9.17, 15) is 14.7 Å². The number of hydrogen-bond donors (Lipinski definition) is 1. The standard InChI is InChI=1S/C28H46O4/c1-7-19-23-14-16(2)10-12-28(23,6)22-11-13-27(5)20(17(3)15-24(30)31)8-9-21(27)25(22)26(19)32-18(4)29/h16-17,19-23,25-26H,7-15H2,1-6H3,(H,30,31)/t16-,17-,19-,20-,21?,22?,23+,25?,26?,27-,28-/m1/s1. The number of carbonyl (C=O) groups excluding carboxylic acids is 1. The molecule has 0 aromatic rings. The Labute approximate surface area is 195 Å². The smallest absolute Gasteiger partial charge is 0.303 e. The first-order chi connectivity index (χ1) is 15.0. The second-order valence-corrected chi connectivity index (χ2v) is 12.7. The van der Waals surface area contributed by atoms with Crippen LogP contribution in [0, 0.1) is 58.2 Å². The molecule has 0 aromatic carbocycles. The number of aliphatic carboxylic acids is 1. The minimum Gasteiger partial charge on any atom is -0.481 e. The van der Waals surface area contributed by atoms with E-state index in [2.05, 4.69) is 34.6 Å². The van der Waals surface area contributed by atoms with Crippen molar-refractivity contribution in [1.82, 2.24) is 0 Å². The number of carbonyl (C=O) groups is 2. The first-order valence-corrected chi connectivity index (χ1v) is 13.4. The Bertz CT molecular complexity index is 733. The van der Waals surface area contributed by atoms with Crippen LogP contribution < -0.4 is 0 Å². The number of carboxylic acid groups (broad SMARTS) is 1. The highest BCUT2D eigenvalue weighted by Gasteiger charge is 2.65. The van der Waals surface area contributed by atoms with Gasteiger partial charge in [-0.15, -0.1) is 0 Å². The fraction of sp³-hybridized carbons (Fsp3) is 0.929. The summed E-state index contributed by atoms with van der Waals surface area (Å²) in [6.45, 7) is 13.5. The molecule has 4 aliphatic rings. The van der Waals surface area contributed by atoms with Crippen molar-refractivity contribution >= 4 is 11.9 Å². The normalized spacial score (nSPS) is 48.8. The molecule has 4 fully saturated rings. The Morgan fingerprint density at radius 1 is 1.03 bits per heavy atom. The molecule has 1 N–H and O–H groups in total. The largest absolute Gasteiger partial charge is 0.481 e. The molecule has 0 aliphatic heterocycles. The van der Waals surface area contributed by atoms with Crippen LogP contribution in [0.3, 0.4) is 0 Å². The maximum Gasteiger partial charge on any atom is 0.303 e. The molecule has 0 saturated heterocycles. The lowest BCUT2D eigenvalue weighted by atomic mass is 9.41. The molecule has 182 valence electrons. The Balaban J connectivity index is 1.72. The van der Waals surface area contributed by atoms with E-state index < -0.39 is 5.97 Å². The topological polar surface area (TPSA) is 63.6 Å². The van der Waals surface area contributed by atoms with Crippen LogP contribution in [0.15, 0.2) is 0 Å². The molecule has 4 unspecified atom stereocenters. The van der Waals surface area contributed by atoms with Crippen molar-refractivity contribution < 1.29 is 19.4 Å². The maximum absolute atomic E-state index is 12.3. The van der Waals surface area contributed by atoms with Gasteiger partial charge in [0.05, 0.1) is 0 Å². The Kier molecular flexibility index (Phi) is 6.48. The van der Waals surface area contributed by atoms with Crippen LogP contribution in [0.4, 0.5) is 0 Å². The lowest BCUT2D eigenvalue weighted by Gasteiger charge is -2.65. The highest BCUT2D eigenvalue weighted by molar-refractivity contribution is 5.67. The second-order valence-electron chi connectivity index (χ2n) is 12.7. The predicted octanol–water partition coefficient (Wildman–Crippen LogP) is 6.57. The van der Waals surface area contributed by atoms with Crippen LogP contribution in [0.25, 0.3) is 0 Å². The molecule has 4 rings (SSSR count). The zero-order valence-corrected chi connectivity index (χ0v) is 21.2. The summed E-state index contributed by atoms with van der Waals surface area (Å²) in [5, 5.41) is 9.45. The fourth-order valence-corrected chi connectivity index (χ4v) is 9.89. The lowest BCUT2D eigenvalue weighted by molar-refractivity contribution is -0.214. The van der Waals surface area contributed by atoms with Crippen molar-refractivity contribution in [3.05, 3.63) is 0 Å². The SMILES string of the molecule is CC[C@H]1C(OC(C)=O)C2C3CC[C@H]([C@H](C)CC(=O)O)[C@@]3(C)CCC2[C@@]2(C)CC[C@@H](C)C[C@@H]12. The summed E-state index contributed by atoms with van der Waals surface area (Å²) < 4.78 is 6.27. The van der Waals surface area contributed by atoms with Crippen molar-refractivity contribution in [1.29, 1.82) is 0 Å². The molecule has 4 nitrogen and oxygen atoms in total. The molecule has 0 radical (unpaired) electrons. The van der Waals surface area contributed by atoms with E-state index in [4.69, 9.17) is 4.74 Å². The third-order valence-electron chi connectivity index (χ3n) is 11.2. The molecule has 0 amide bonds. The van der Waals surface area contributed by atoms with E-state index in [1.807, 2.05) is 0 Å². The summed E-state index contributed by atoms with van der Waals surface area (Å²) >= 11 is 0. The van der Waals surface area contributed by atoms with Crippen molar-refractivity contribution in [2.45, 2.75) is 105 Å². The van der Waals surface area contributed by atoms with Crippen molar-refractivity contribution in [2.75, 3.05) is 0 Å². The van der Waals surface area contributed by atoms with E-state index in [0.717, 1.165) is 25.2 Å². The molecule has 0 spiro atoms. The number of esters is 1. The van der Waals surface area contributed by atoms with Crippen LogP contribution in [0.2, 0.25) is 0 Å². The van der Waals surface area contributed by atoms with Crippen molar-refractivity contribution in [2.24, 2.45) is 58.2 Å². The van der Waals surface area contributed by atoms with Gasteiger partial charge in [-0.3, -0.25) is 9.59 Å². The number of carboxylic acids is 1. The lowest BCUT2D eigenvalue weighted by Crippen LogP contribution is -2.62. The Hall–Kier alpha value is -1.06. The van der Waals surface area contributed by atoms with E-state index in [-0.39, 0.29) is 29.8 Å². The van der Waals surface area contributed by atoms with Gasteiger partial charge in [-0.1, -0.05) is 41.0 Å². The van der Waals surface area contributed by atoms with Crippen molar-refractivity contribution in [3.8, 4) is 0 Å². The quantitative estimate of drug-likeness (QED) is 0.485. The molecule has 32 heavy (non-hydrogen) atoms. The summed E-state index contributed by atoms with van der Waals surface area (Å²) in [4.78, 5) is 23.8. The molecule has 0 aromatic heterocycles. The molecule has 0 heterocycles. The molecule has 4 saturated carbocycles. The highest BCUT2D eigenvalue weighted by atomic mass is 16.5. The van der Waals surface area contributed by atoms with E-state index in [1.165, 1.54) is 32.1 Å². The van der Waals surface area contributed by atoms with Crippen LogP contribution in [0.1, 0.15) is 99.3 Å². The zero-order chi connectivity index (χ0) is 23.4. The minimum absolute atomic E-state index is 0.0315. The third kappa shape index (κ3) is 3.72. The fourth-order valence-electron chi connectivity index (χ4n) is 9.89. The van der Waals surface area contributed by atoms with E-state index >= 15 is 0 Å². The number of fused-ring (bicyclic) bond motifs is 5. The summed E-state index contributed by atoms with van der Waals surface area (Å²) in [5.74, 6) is 3.32. The average molecular weight is 447 g/mol. The molecule has 4 heteroatoms. The van der Waals surface area contributed by atoms with Gasteiger partial charge >= 0.3 is 11.9 Å². The summed E-state index contributed by atoms with van der Waals surface area (Å²) in [6.07, 6.45) is 9.99. The monoisotopic (exact) mass is 446 g/mol. The number of rotatable bonds is 5. The Morgan fingerprint density at radius 2 is 1.69 bits per heavy atom. The summed E-state index contributed by atoms with van der Waals surface area (Å²) in [7, 11) is 0. The first kappa shape index (κ1) is 24.1. The highest BCUT2D eigenvalue weighted by Crippen LogP contribution is 2.70. The maximum atomic E-state index is 12.3. The molecule has 4 aliphatic carbocycles. The van der Waals surface area contributed by atoms with Gasteiger partial charge in [0, 0.05) is 19.3 Å². The zero-order valence-electron chi connectivity index (χ0n) is 21.2. The molecule has 0 bridgehead atoms. The first-order valence-electron chi connectivity index (χ1n) is 13.4. The summed E-state index contributed by atoms with van der Waals surface area (Å²) in [6, 6.07) is 0. The molecular formula is C28H46O4. The van der Waals surface area contributed by atoms with Gasteiger partial charge in [0.25, 0.3) is 0 Å². The van der Waals surface area contributed by atoms with E-state index in [0.29, 0.717) is 40.9 Å². The minimum atomic E-state index is -0.675. The molecular weight excluding hydrogens is 400 g/mol. The van der Waals surface area contributed by atoms with Gasteiger partial charge in [-0.2, -0.15) is 0 Å². The van der Waals surface area contributed by atoms with E-state index in [1.54, 1.807) is 6.92 Å². The van der Waals surface area contributed by atoms with Gasteiger partial charge in [-0.25, -0.2) is 0 Å². The van der Waals surface area contributed by atoms with Crippen molar-refractivity contribution in [3.63, 3.8) is 0 Å². The van der Waals surface area contributed by atoms with Gasteiger partial charge in [0.15, 0.2) is 0 Å². The van der Waals surface area contributed by atoms with Gasteiger partial charge in [0.1, 0.15) is 6.10 Å². The number of ether oxygens (including phenoxy) is 1. The molecule has 11 atom stereocenters. The van der Waals surface area contributed by atoms with Crippen LogP contribution in [-0.4, -0.2) is 23.1 Å².